The van der Waals surface area contributed by atoms with Crippen LogP contribution in [0.4, 0.5) is 0 Å². The van der Waals surface area contributed by atoms with Crippen molar-refractivity contribution in [2.45, 2.75) is 18.9 Å². The lowest BCUT2D eigenvalue weighted by Gasteiger charge is -2.44. The first-order valence-corrected chi connectivity index (χ1v) is 6.69. The van der Waals surface area contributed by atoms with Crippen molar-refractivity contribution in [2.24, 2.45) is 11.3 Å². The highest BCUT2D eigenvalue weighted by molar-refractivity contribution is 6.04. The van der Waals surface area contributed by atoms with E-state index in [-0.39, 0.29) is 12.0 Å². The van der Waals surface area contributed by atoms with Crippen molar-refractivity contribution in [3.05, 3.63) is 48.0 Å². The fraction of sp³-hybridized carbons (Fsp3) is 0.375. The first-order chi connectivity index (χ1) is 9.66. The Bertz CT molecular complexity index is 563. The SMILES string of the molecule is COC(=O)[C@@]12C=C[C@@H](C[C@H]1Cc1ccccc1)OC2=O. The predicted octanol–water partition coefficient (Wildman–Crippen LogP) is 1.89. The summed E-state index contributed by atoms with van der Waals surface area (Å²) in [5.74, 6) is -1.13. The number of methoxy groups -OCH3 is 1. The van der Waals surface area contributed by atoms with E-state index in [0.29, 0.717) is 12.8 Å². The van der Waals surface area contributed by atoms with Gasteiger partial charge in [0.2, 0.25) is 0 Å². The van der Waals surface area contributed by atoms with Crippen LogP contribution in [-0.4, -0.2) is 25.2 Å². The topological polar surface area (TPSA) is 52.6 Å². The van der Waals surface area contributed by atoms with Crippen LogP contribution in [-0.2, 0) is 25.5 Å². The van der Waals surface area contributed by atoms with E-state index in [1.807, 2.05) is 30.3 Å². The number of carbonyl (C=O) groups is 2. The van der Waals surface area contributed by atoms with E-state index >= 15 is 0 Å². The largest absolute Gasteiger partial charge is 0.468 e. The van der Waals surface area contributed by atoms with Gasteiger partial charge in [0.25, 0.3) is 0 Å². The second kappa shape index (κ2) is 4.78. The van der Waals surface area contributed by atoms with E-state index in [9.17, 15) is 9.59 Å². The molecule has 3 atom stereocenters. The van der Waals surface area contributed by atoms with Crippen molar-refractivity contribution < 1.29 is 19.1 Å². The molecular weight excluding hydrogens is 256 g/mol. The summed E-state index contributed by atoms with van der Waals surface area (Å²) >= 11 is 0. The van der Waals surface area contributed by atoms with Crippen LogP contribution in [0, 0.1) is 11.3 Å². The Morgan fingerprint density at radius 3 is 2.80 bits per heavy atom. The molecule has 0 unspecified atom stereocenters. The van der Waals surface area contributed by atoms with Crippen molar-refractivity contribution in [1.82, 2.24) is 0 Å². The first kappa shape index (κ1) is 12.9. The third kappa shape index (κ3) is 1.83. The summed E-state index contributed by atoms with van der Waals surface area (Å²) in [6, 6.07) is 9.86. The van der Waals surface area contributed by atoms with Gasteiger partial charge in [0.05, 0.1) is 7.11 Å². The summed E-state index contributed by atoms with van der Waals surface area (Å²) in [6.07, 6.45) is 4.56. The van der Waals surface area contributed by atoms with Gasteiger partial charge in [-0.2, -0.15) is 0 Å². The fourth-order valence-corrected chi connectivity index (χ4v) is 3.13. The van der Waals surface area contributed by atoms with Crippen molar-refractivity contribution in [3.63, 3.8) is 0 Å². The first-order valence-electron chi connectivity index (χ1n) is 6.69. The Labute approximate surface area is 117 Å². The number of esters is 2. The highest BCUT2D eigenvalue weighted by Gasteiger charge is 2.58. The normalized spacial score (nSPS) is 30.9. The maximum Gasteiger partial charge on any atom is 0.328 e. The Balaban J connectivity index is 1.96. The zero-order chi connectivity index (χ0) is 14.2. The number of ether oxygens (including phenoxy) is 2. The van der Waals surface area contributed by atoms with Crippen LogP contribution in [0.15, 0.2) is 42.5 Å². The standard InChI is InChI=1S/C16H16O4/c1-19-14(17)16-8-7-13(20-15(16)18)10-12(16)9-11-5-3-2-4-6-11/h2-8,12-13H,9-10H2,1H3/t12-,13+,16-/m1/s1. The second-order valence-electron chi connectivity index (χ2n) is 5.29. The average molecular weight is 272 g/mol. The third-order valence-electron chi connectivity index (χ3n) is 4.18. The predicted molar refractivity (Wildman–Crippen MR) is 71.7 cm³/mol. The monoisotopic (exact) mass is 272 g/mol. The van der Waals surface area contributed by atoms with Crippen LogP contribution in [0.3, 0.4) is 0 Å². The molecule has 4 heteroatoms. The van der Waals surface area contributed by atoms with Crippen molar-refractivity contribution in [2.75, 3.05) is 7.11 Å². The molecule has 0 N–H and O–H groups in total. The summed E-state index contributed by atoms with van der Waals surface area (Å²) in [5, 5.41) is 0. The molecule has 3 aliphatic rings. The molecule has 1 aliphatic carbocycles. The summed E-state index contributed by atoms with van der Waals surface area (Å²) < 4.78 is 10.1. The molecule has 4 rings (SSSR count). The number of fused-ring (bicyclic) bond motifs is 2. The molecule has 1 saturated heterocycles. The molecule has 1 fully saturated rings. The van der Waals surface area contributed by atoms with Gasteiger partial charge >= 0.3 is 11.9 Å². The molecule has 0 saturated carbocycles. The van der Waals surface area contributed by atoms with Gasteiger partial charge in [-0.05, 0) is 30.4 Å². The van der Waals surface area contributed by atoms with Crippen LogP contribution >= 0.6 is 0 Å². The van der Waals surface area contributed by atoms with Gasteiger partial charge in [0.1, 0.15) is 6.10 Å². The van der Waals surface area contributed by atoms with Gasteiger partial charge < -0.3 is 9.47 Å². The molecule has 104 valence electrons. The number of benzene rings is 1. The molecule has 20 heavy (non-hydrogen) atoms. The molecule has 2 bridgehead atoms. The minimum Gasteiger partial charge on any atom is -0.468 e. The van der Waals surface area contributed by atoms with E-state index in [1.54, 1.807) is 12.2 Å². The maximum absolute atomic E-state index is 12.2. The lowest BCUT2D eigenvalue weighted by molar-refractivity contribution is -0.184. The minimum atomic E-state index is -1.28. The molecule has 0 aromatic heterocycles. The smallest absolute Gasteiger partial charge is 0.328 e. The van der Waals surface area contributed by atoms with Crippen LogP contribution in [0.25, 0.3) is 0 Å². The van der Waals surface area contributed by atoms with Gasteiger partial charge in [-0.3, -0.25) is 9.59 Å². The second-order valence-corrected chi connectivity index (χ2v) is 5.29. The van der Waals surface area contributed by atoms with Crippen molar-refractivity contribution >= 4 is 11.9 Å². The molecule has 1 aromatic carbocycles. The summed E-state index contributed by atoms with van der Waals surface area (Å²) in [7, 11) is 1.30. The van der Waals surface area contributed by atoms with Gasteiger partial charge in [-0.25, -0.2) is 0 Å². The zero-order valence-corrected chi connectivity index (χ0v) is 11.2. The Hall–Kier alpha value is -2.10. The molecule has 1 aromatic rings. The number of rotatable bonds is 3. The molecule has 2 heterocycles. The van der Waals surface area contributed by atoms with E-state index in [4.69, 9.17) is 9.47 Å². The highest BCUT2D eigenvalue weighted by atomic mass is 16.6. The van der Waals surface area contributed by atoms with E-state index in [1.165, 1.54) is 7.11 Å². The number of hydrogen-bond acceptors (Lipinski definition) is 4. The number of hydrogen-bond donors (Lipinski definition) is 0. The van der Waals surface area contributed by atoms with Crippen LogP contribution in [0.5, 0.6) is 0 Å². The lowest BCUT2D eigenvalue weighted by atomic mass is 9.65. The van der Waals surface area contributed by atoms with Gasteiger partial charge in [0, 0.05) is 0 Å². The Morgan fingerprint density at radius 1 is 1.40 bits per heavy atom. The Kier molecular flexibility index (Phi) is 3.08. The third-order valence-corrected chi connectivity index (χ3v) is 4.18. The van der Waals surface area contributed by atoms with Crippen molar-refractivity contribution in [1.29, 1.82) is 0 Å². The van der Waals surface area contributed by atoms with Gasteiger partial charge in [0.15, 0.2) is 5.41 Å². The van der Waals surface area contributed by atoms with Crippen molar-refractivity contribution in [3.8, 4) is 0 Å². The van der Waals surface area contributed by atoms with Crippen LogP contribution < -0.4 is 0 Å². The molecule has 4 nitrogen and oxygen atoms in total. The van der Waals surface area contributed by atoms with E-state index < -0.39 is 17.4 Å². The van der Waals surface area contributed by atoms with Crippen LogP contribution in [0.1, 0.15) is 12.0 Å². The summed E-state index contributed by atoms with van der Waals surface area (Å²) in [6.45, 7) is 0. The summed E-state index contributed by atoms with van der Waals surface area (Å²) in [4.78, 5) is 24.4. The van der Waals surface area contributed by atoms with Crippen LogP contribution in [0.2, 0.25) is 0 Å². The zero-order valence-electron chi connectivity index (χ0n) is 11.2. The minimum absolute atomic E-state index is 0.117. The summed E-state index contributed by atoms with van der Waals surface area (Å²) in [5.41, 5.74) is -0.172. The van der Waals surface area contributed by atoms with E-state index in [2.05, 4.69) is 0 Å². The van der Waals surface area contributed by atoms with Gasteiger partial charge in [-0.15, -0.1) is 0 Å². The molecule has 2 aliphatic heterocycles. The Morgan fingerprint density at radius 2 is 2.15 bits per heavy atom. The molecule has 0 amide bonds. The molecule has 0 radical (unpaired) electrons. The maximum atomic E-state index is 12.2. The highest BCUT2D eigenvalue weighted by Crippen LogP contribution is 2.46. The fourth-order valence-electron chi connectivity index (χ4n) is 3.13. The average Bonchev–Trinajstić information content (AvgIpc) is 2.48. The lowest BCUT2D eigenvalue weighted by Crippen LogP contribution is -2.55. The van der Waals surface area contributed by atoms with E-state index in [0.717, 1.165) is 5.56 Å². The number of carbonyl (C=O) groups excluding carboxylic acids is 2. The van der Waals surface area contributed by atoms with Gasteiger partial charge in [-0.1, -0.05) is 36.4 Å². The quantitative estimate of drug-likeness (QED) is 0.479. The molecule has 0 spiro atoms. The molecular formula is C16H16O4.